The SMILES string of the molecule is CNC(NO)C(C)NC=Cc1ccc(C2CCCCC2)cc1. The number of hydroxylamine groups is 1. The summed E-state index contributed by atoms with van der Waals surface area (Å²) in [5.41, 5.74) is 4.91. The standard InChI is InChI=1S/C18H29N3O/c1-14(18(19-2)21-22)20-13-12-15-8-10-17(11-9-15)16-6-4-3-5-7-16/h8-14,16,18-22H,3-7H2,1-2H3. The minimum absolute atomic E-state index is 0.0766. The molecule has 4 N–H and O–H groups in total. The summed E-state index contributed by atoms with van der Waals surface area (Å²) in [5, 5.41) is 15.2. The third-order valence-corrected chi connectivity index (χ3v) is 4.60. The number of benzene rings is 1. The van der Waals surface area contributed by atoms with Crippen LogP contribution in [0.3, 0.4) is 0 Å². The van der Waals surface area contributed by atoms with Gasteiger partial charge in [0.2, 0.25) is 0 Å². The van der Waals surface area contributed by atoms with Crippen LogP contribution in [-0.4, -0.2) is 24.5 Å². The fourth-order valence-electron chi connectivity index (χ4n) is 3.13. The van der Waals surface area contributed by atoms with E-state index < -0.39 is 0 Å². The quantitative estimate of drug-likeness (QED) is 0.461. The summed E-state index contributed by atoms with van der Waals surface area (Å²) < 4.78 is 0. The van der Waals surface area contributed by atoms with Crippen LogP contribution in [-0.2, 0) is 0 Å². The third-order valence-electron chi connectivity index (χ3n) is 4.60. The lowest BCUT2D eigenvalue weighted by Crippen LogP contribution is -2.51. The number of hydrogen-bond donors (Lipinski definition) is 4. The highest BCUT2D eigenvalue weighted by molar-refractivity contribution is 5.49. The Bertz CT molecular complexity index is 448. The Morgan fingerprint density at radius 1 is 1.14 bits per heavy atom. The van der Waals surface area contributed by atoms with Crippen molar-refractivity contribution in [2.24, 2.45) is 0 Å². The zero-order chi connectivity index (χ0) is 15.8. The first-order valence-electron chi connectivity index (χ1n) is 8.34. The molecule has 1 saturated carbocycles. The molecule has 1 fully saturated rings. The van der Waals surface area contributed by atoms with Crippen molar-refractivity contribution < 1.29 is 5.21 Å². The third kappa shape index (κ3) is 4.83. The molecule has 1 aromatic carbocycles. The van der Waals surface area contributed by atoms with Crippen LogP contribution >= 0.6 is 0 Å². The van der Waals surface area contributed by atoms with Gasteiger partial charge in [0.1, 0.15) is 6.17 Å². The maximum absolute atomic E-state index is 8.99. The highest BCUT2D eigenvalue weighted by atomic mass is 16.5. The van der Waals surface area contributed by atoms with E-state index >= 15 is 0 Å². The van der Waals surface area contributed by atoms with E-state index in [0.29, 0.717) is 0 Å². The normalized spacial score (nSPS) is 19.2. The fourth-order valence-corrected chi connectivity index (χ4v) is 3.13. The molecule has 1 aliphatic carbocycles. The van der Waals surface area contributed by atoms with Gasteiger partial charge in [0.05, 0.1) is 6.04 Å². The van der Waals surface area contributed by atoms with E-state index in [-0.39, 0.29) is 12.2 Å². The van der Waals surface area contributed by atoms with Gasteiger partial charge >= 0.3 is 0 Å². The predicted octanol–water partition coefficient (Wildman–Crippen LogP) is 3.21. The Balaban J connectivity index is 1.86. The average Bonchev–Trinajstić information content (AvgIpc) is 2.57. The molecule has 0 amide bonds. The topological polar surface area (TPSA) is 56.3 Å². The molecule has 0 bridgehead atoms. The lowest BCUT2D eigenvalue weighted by Gasteiger charge is -2.22. The van der Waals surface area contributed by atoms with Crippen molar-refractivity contribution in [3.05, 3.63) is 41.6 Å². The minimum Gasteiger partial charge on any atom is -0.385 e. The Morgan fingerprint density at radius 3 is 2.41 bits per heavy atom. The molecule has 0 aromatic heterocycles. The Kier molecular flexibility index (Phi) is 6.90. The summed E-state index contributed by atoms with van der Waals surface area (Å²) in [7, 11) is 1.81. The van der Waals surface area contributed by atoms with Crippen LogP contribution in [0.5, 0.6) is 0 Å². The van der Waals surface area contributed by atoms with Crippen LogP contribution in [0.1, 0.15) is 56.1 Å². The second-order valence-corrected chi connectivity index (χ2v) is 6.19. The van der Waals surface area contributed by atoms with Crippen molar-refractivity contribution in [1.82, 2.24) is 16.1 Å². The highest BCUT2D eigenvalue weighted by Crippen LogP contribution is 2.32. The fraction of sp³-hybridized carbons (Fsp3) is 0.556. The van der Waals surface area contributed by atoms with Crippen molar-refractivity contribution in [1.29, 1.82) is 0 Å². The molecule has 0 saturated heterocycles. The monoisotopic (exact) mass is 303 g/mol. The molecule has 1 aliphatic rings. The Labute approximate surface area is 134 Å². The molecule has 2 rings (SSSR count). The average molecular weight is 303 g/mol. The first-order chi connectivity index (χ1) is 10.7. The summed E-state index contributed by atoms with van der Waals surface area (Å²) >= 11 is 0. The van der Waals surface area contributed by atoms with E-state index in [1.807, 2.05) is 13.1 Å². The molecule has 0 heterocycles. The molecule has 4 heteroatoms. The van der Waals surface area contributed by atoms with E-state index in [0.717, 1.165) is 5.92 Å². The second kappa shape index (κ2) is 8.93. The van der Waals surface area contributed by atoms with E-state index in [9.17, 15) is 0 Å². The van der Waals surface area contributed by atoms with E-state index in [1.165, 1.54) is 43.2 Å². The smallest absolute Gasteiger partial charge is 0.101 e. The van der Waals surface area contributed by atoms with Crippen LogP contribution in [0.4, 0.5) is 0 Å². The van der Waals surface area contributed by atoms with Crippen molar-refractivity contribution in [2.45, 2.75) is 57.2 Å². The van der Waals surface area contributed by atoms with Crippen molar-refractivity contribution >= 4 is 6.08 Å². The summed E-state index contributed by atoms with van der Waals surface area (Å²) in [6.07, 6.45) is 10.6. The number of likely N-dealkylation sites (N-methyl/N-ethyl adjacent to an activating group) is 1. The van der Waals surface area contributed by atoms with Crippen LogP contribution < -0.4 is 16.1 Å². The molecule has 2 unspecified atom stereocenters. The van der Waals surface area contributed by atoms with E-state index in [4.69, 9.17) is 5.21 Å². The largest absolute Gasteiger partial charge is 0.385 e. The van der Waals surface area contributed by atoms with Gasteiger partial charge in [0, 0.05) is 0 Å². The molecular formula is C18H29N3O. The Morgan fingerprint density at radius 2 is 1.82 bits per heavy atom. The molecule has 4 nitrogen and oxygen atoms in total. The van der Waals surface area contributed by atoms with Gasteiger partial charge in [-0.1, -0.05) is 43.5 Å². The van der Waals surface area contributed by atoms with Gasteiger partial charge in [-0.15, -0.1) is 0 Å². The van der Waals surface area contributed by atoms with Crippen LogP contribution in [0.25, 0.3) is 6.08 Å². The van der Waals surface area contributed by atoms with Crippen molar-refractivity contribution in [3.8, 4) is 0 Å². The zero-order valence-electron chi connectivity index (χ0n) is 13.7. The lowest BCUT2D eigenvalue weighted by atomic mass is 9.84. The second-order valence-electron chi connectivity index (χ2n) is 6.19. The molecule has 0 aliphatic heterocycles. The van der Waals surface area contributed by atoms with Gasteiger partial charge in [-0.3, -0.25) is 0 Å². The van der Waals surface area contributed by atoms with Crippen molar-refractivity contribution in [2.75, 3.05) is 7.05 Å². The van der Waals surface area contributed by atoms with E-state index in [2.05, 4.69) is 46.5 Å². The molecule has 0 radical (unpaired) electrons. The van der Waals surface area contributed by atoms with Gasteiger partial charge in [0.25, 0.3) is 0 Å². The summed E-state index contributed by atoms with van der Waals surface area (Å²) in [6, 6.07) is 8.99. The lowest BCUT2D eigenvalue weighted by molar-refractivity contribution is 0.0993. The number of hydrogen-bond acceptors (Lipinski definition) is 4. The van der Waals surface area contributed by atoms with Gasteiger partial charge < -0.3 is 15.8 Å². The van der Waals surface area contributed by atoms with Crippen LogP contribution in [0, 0.1) is 0 Å². The van der Waals surface area contributed by atoms with Gasteiger partial charge in [0.15, 0.2) is 0 Å². The van der Waals surface area contributed by atoms with Gasteiger partial charge in [-0.2, -0.15) is 5.48 Å². The summed E-state index contributed by atoms with van der Waals surface area (Å²) in [4.78, 5) is 0. The zero-order valence-corrected chi connectivity index (χ0v) is 13.7. The highest BCUT2D eigenvalue weighted by Gasteiger charge is 2.15. The molecular weight excluding hydrogens is 274 g/mol. The van der Waals surface area contributed by atoms with Crippen molar-refractivity contribution in [3.63, 3.8) is 0 Å². The molecule has 0 spiro atoms. The first kappa shape index (κ1) is 17.0. The van der Waals surface area contributed by atoms with E-state index in [1.54, 1.807) is 7.05 Å². The summed E-state index contributed by atoms with van der Waals surface area (Å²) in [5.74, 6) is 0.761. The van der Waals surface area contributed by atoms with Crippen LogP contribution in [0.2, 0.25) is 0 Å². The molecule has 122 valence electrons. The molecule has 22 heavy (non-hydrogen) atoms. The van der Waals surface area contributed by atoms with Gasteiger partial charge in [-0.25, -0.2) is 0 Å². The number of rotatable bonds is 7. The predicted molar refractivity (Wildman–Crippen MR) is 91.7 cm³/mol. The van der Waals surface area contributed by atoms with Crippen LogP contribution in [0.15, 0.2) is 30.5 Å². The maximum atomic E-state index is 8.99. The Hall–Kier alpha value is -1.36. The maximum Gasteiger partial charge on any atom is 0.101 e. The minimum atomic E-state index is -0.182. The molecule has 2 atom stereocenters. The molecule has 1 aromatic rings. The first-order valence-corrected chi connectivity index (χ1v) is 8.34. The summed E-state index contributed by atoms with van der Waals surface area (Å²) in [6.45, 7) is 2.00. The number of nitrogens with one attached hydrogen (secondary N) is 3. The van der Waals surface area contributed by atoms with Gasteiger partial charge in [-0.05, 0) is 56.1 Å².